The van der Waals surface area contributed by atoms with E-state index in [1.54, 1.807) is 6.33 Å². The Hall–Kier alpha value is -3.11. The molecule has 3 aromatic carbocycles. The Morgan fingerprint density at radius 1 is 1.07 bits per heavy atom. The van der Waals surface area contributed by atoms with Crippen LogP contribution in [0, 0.1) is 0 Å². The van der Waals surface area contributed by atoms with Crippen LogP contribution in [0.4, 0.5) is 0 Å². The highest BCUT2D eigenvalue weighted by Crippen LogP contribution is 2.19. The number of nitrogens with zero attached hydrogens (tertiary/aromatic N) is 2. The molecule has 0 bridgehead atoms. The van der Waals surface area contributed by atoms with E-state index >= 15 is 0 Å². The predicted molar refractivity (Wildman–Crippen MR) is 113 cm³/mol. The van der Waals surface area contributed by atoms with E-state index in [0.717, 1.165) is 27.2 Å². The van der Waals surface area contributed by atoms with Crippen molar-refractivity contribution in [2.24, 2.45) is 0 Å². The van der Waals surface area contributed by atoms with Crippen molar-refractivity contribution in [2.75, 3.05) is 0 Å². The second-order valence-electron chi connectivity index (χ2n) is 6.81. The number of hydrogen-bond acceptors (Lipinski definition) is 2. The first-order valence-electron chi connectivity index (χ1n) is 9.15. The summed E-state index contributed by atoms with van der Waals surface area (Å²) < 4.78 is 2.06. The van der Waals surface area contributed by atoms with E-state index in [1.807, 2.05) is 79.7 Å². The van der Waals surface area contributed by atoms with E-state index in [-0.39, 0.29) is 11.9 Å². The number of rotatable bonds is 5. The third-order valence-corrected chi connectivity index (χ3v) is 5.05. The molecule has 0 unspecified atom stereocenters. The lowest BCUT2D eigenvalue weighted by Crippen LogP contribution is -2.26. The molecule has 0 spiro atoms. The molecule has 0 aliphatic heterocycles. The summed E-state index contributed by atoms with van der Waals surface area (Å²) in [5.41, 5.74) is 4.61. The lowest BCUT2D eigenvalue weighted by molar-refractivity contribution is 0.0940. The van der Waals surface area contributed by atoms with Crippen LogP contribution in [0.5, 0.6) is 0 Å². The topological polar surface area (TPSA) is 46.9 Å². The maximum Gasteiger partial charge on any atom is 0.251 e. The molecule has 1 amide bonds. The van der Waals surface area contributed by atoms with Crippen LogP contribution in [0.25, 0.3) is 11.0 Å². The van der Waals surface area contributed by atoms with E-state index in [1.165, 1.54) is 0 Å². The number of nitrogens with one attached hydrogen (secondary N) is 1. The average molecular weight is 390 g/mol. The van der Waals surface area contributed by atoms with Gasteiger partial charge in [0.05, 0.1) is 23.4 Å². The molecule has 1 N–H and O–H groups in total. The molecule has 0 saturated carbocycles. The molecule has 0 radical (unpaired) electrons. The second kappa shape index (κ2) is 7.87. The molecule has 140 valence electrons. The van der Waals surface area contributed by atoms with Gasteiger partial charge in [-0.2, -0.15) is 0 Å². The van der Waals surface area contributed by atoms with Gasteiger partial charge in [-0.15, -0.1) is 0 Å². The number of imidazole rings is 1. The van der Waals surface area contributed by atoms with Crippen LogP contribution >= 0.6 is 11.6 Å². The molecule has 5 heteroatoms. The Labute approximate surface area is 168 Å². The molecule has 4 aromatic rings. The van der Waals surface area contributed by atoms with Gasteiger partial charge in [-0.05, 0) is 48.4 Å². The van der Waals surface area contributed by atoms with Gasteiger partial charge >= 0.3 is 0 Å². The Morgan fingerprint density at radius 2 is 1.82 bits per heavy atom. The highest BCUT2D eigenvalue weighted by atomic mass is 35.5. The molecule has 0 fully saturated rings. The largest absolute Gasteiger partial charge is 0.346 e. The Balaban J connectivity index is 1.52. The number of hydrogen-bond donors (Lipinski definition) is 1. The summed E-state index contributed by atoms with van der Waals surface area (Å²) in [6.07, 6.45) is 1.80. The Morgan fingerprint density at radius 3 is 2.57 bits per heavy atom. The normalized spacial score (nSPS) is 12.1. The van der Waals surface area contributed by atoms with E-state index in [2.05, 4.69) is 14.9 Å². The summed E-state index contributed by atoms with van der Waals surface area (Å²) in [5.74, 6) is -0.106. The van der Waals surface area contributed by atoms with Gasteiger partial charge in [0.15, 0.2) is 0 Å². The second-order valence-corrected chi connectivity index (χ2v) is 7.24. The zero-order chi connectivity index (χ0) is 19.5. The highest BCUT2D eigenvalue weighted by Gasteiger charge is 2.13. The molecule has 0 saturated heterocycles. The molecular weight excluding hydrogens is 370 g/mol. The van der Waals surface area contributed by atoms with Crippen molar-refractivity contribution >= 4 is 28.5 Å². The summed E-state index contributed by atoms with van der Waals surface area (Å²) in [4.78, 5) is 17.1. The van der Waals surface area contributed by atoms with Crippen molar-refractivity contribution in [3.05, 3.63) is 101 Å². The monoisotopic (exact) mass is 389 g/mol. The van der Waals surface area contributed by atoms with Gasteiger partial charge in [0.25, 0.3) is 5.91 Å². The van der Waals surface area contributed by atoms with Crippen LogP contribution in [0.1, 0.15) is 34.5 Å². The van der Waals surface area contributed by atoms with Crippen LogP contribution < -0.4 is 5.32 Å². The third kappa shape index (κ3) is 3.92. The van der Waals surface area contributed by atoms with Crippen LogP contribution in [0.3, 0.4) is 0 Å². The fraction of sp³-hybridized carbons (Fsp3) is 0.130. The Bertz CT molecular complexity index is 1100. The van der Waals surface area contributed by atoms with Gasteiger partial charge in [0.2, 0.25) is 0 Å². The standard InChI is InChI=1S/C23H20ClN3O/c1-16(18-5-3-2-4-6-18)26-23(28)19-9-12-22-21(13-19)25-15-27(22)14-17-7-10-20(24)11-8-17/h2-13,15-16H,14H2,1H3,(H,26,28)/t16-/m1/s1. The van der Waals surface area contributed by atoms with Crippen molar-refractivity contribution in [1.29, 1.82) is 0 Å². The quantitative estimate of drug-likeness (QED) is 0.508. The number of fused-ring (bicyclic) bond motifs is 1. The molecule has 1 atom stereocenters. The summed E-state index contributed by atoms with van der Waals surface area (Å²) in [6, 6.07) is 23.2. The molecule has 1 aromatic heterocycles. The summed E-state index contributed by atoms with van der Waals surface area (Å²) in [7, 11) is 0. The molecule has 4 nitrogen and oxygen atoms in total. The van der Waals surface area contributed by atoms with E-state index < -0.39 is 0 Å². The maximum atomic E-state index is 12.6. The number of amides is 1. The molecule has 0 aliphatic carbocycles. The third-order valence-electron chi connectivity index (χ3n) is 4.80. The van der Waals surface area contributed by atoms with Crippen molar-refractivity contribution in [1.82, 2.24) is 14.9 Å². The van der Waals surface area contributed by atoms with Gasteiger partial charge in [0, 0.05) is 17.1 Å². The van der Waals surface area contributed by atoms with Crippen molar-refractivity contribution < 1.29 is 4.79 Å². The molecule has 0 aliphatic rings. The summed E-state index contributed by atoms with van der Waals surface area (Å²) in [5, 5.41) is 3.76. The zero-order valence-corrected chi connectivity index (χ0v) is 16.2. The van der Waals surface area contributed by atoms with Crippen molar-refractivity contribution in [3.63, 3.8) is 0 Å². The van der Waals surface area contributed by atoms with Gasteiger partial charge in [0.1, 0.15) is 0 Å². The fourth-order valence-electron chi connectivity index (χ4n) is 3.22. The predicted octanol–water partition coefficient (Wildman–Crippen LogP) is 5.23. The highest BCUT2D eigenvalue weighted by molar-refractivity contribution is 6.30. The molecule has 1 heterocycles. The summed E-state index contributed by atoms with van der Waals surface area (Å²) in [6.45, 7) is 2.68. The van der Waals surface area contributed by atoms with Gasteiger partial charge in [-0.3, -0.25) is 4.79 Å². The van der Waals surface area contributed by atoms with Crippen molar-refractivity contribution in [3.8, 4) is 0 Å². The smallest absolute Gasteiger partial charge is 0.251 e. The lowest BCUT2D eigenvalue weighted by Gasteiger charge is -2.14. The van der Waals surface area contributed by atoms with E-state index in [9.17, 15) is 4.79 Å². The number of aromatic nitrogens is 2. The number of benzene rings is 3. The minimum Gasteiger partial charge on any atom is -0.346 e. The Kier molecular flexibility index (Phi) is 5.13. The molecule has 4 rings (SSSR count). The van der Waals surface area contributed by atoms with E-state index in [4.69, 9.17) is 11.6 Å². The van der Waals surface area contributed by atoms with Gasteiger partial charge in [-0.1, -0.05) is 54.1 Å². The van der Waals surface area contributed by atoms with Crippen molar-refractivity contribution in [2.45, 2.75) is 19.5 Å². The number of halogens is 1. The first-order chi connectivity index (χ1) is 13.6. The minimum absolute atomic E-state index is 0.0631. The van der Waals surface area contributed by atoms with Crippen LogP contribution in [-0.2, 0) is 6.54 Å². The lowest BCUT2D eigenvalue weighted by atomic mass is 10.1. The average Bonchev–Trinajstić information content (AvgIpc) is 3.12. The number of carbonyl (C=O) groups excluding carboxylic acids is 1. The SMILES string of the molecule is C[C@@H](NC(=O)c1ccc2c(c1)ncn2Cc1ccc(Cl)cc1)c1ccccc1. The maximum absolute atomic E-state index is 12.6. The van der Waals surface area contributed by atoms with Crippen LogP contribution in [0.2, 0.25) is 5.02 Å². The van der Waals surface area contributed by atoms with Crippen LogP contribution in [0.15, 0.2) is 79.1 Å². The van der Waals surface area contributed by atoms with Crippen LogP contribution in [-0.4, -0.2) is 15.5 Å². The van der Waals surface area contributed by atoms with E-state index in [0.29, 0.717) is 12.1 Å². The zero-order valence-electron chi connectivity index (χ0n) is 15.5. The number of carbonyl (C=O) groups is 1. The molecular formula is C23H20ClN3O. The summed E-state index contributed by atoms with van der Waals surface area (Å²) >= 11 is 5.95. The first-order valence-corrected chi connectivity index (χ1v) is 9.53. The minimum atomic E-state index is -0.106. The van der Waals surface area contributed by atoms with Gasteiger partial charge in [-0.25, -0.2) is 4.98 Å². The molecule has 28 heavy (non-hydrogen) atoms. The fourth-order valence-corrected chi connectivity index (χ4v) is 3.35. The van der Waals surface area contributed by atoms with Gasteiger partial charge < -0.3 is 9.88 Å². The first kappa shape index (κ1) is 18.3.